The van der Waals surface area contributed by atoms with Gasteiger partial charge in [0.1, 0.15) is 0 Å². The Hall–Kier alpha value is -1.79. The van der Waals surface area contributed by atoms with E-state index in [-0.39, 0.29) is 5.91 Å². The zero-order valence-corrected chi connectivity index (χ0v) is 15.2. The molecule has 0 saturated carbocycles. The number of likely N-dealkylation sites (N-methyl/N-ethyl adjacent to an activating group) is 1. The highest BCUT2D eigenvalue weighted by Gasteiger charge is 2.07. The molecule has 0 bridgehead atoms. The Morgan fingerprint density at radius 1 is 1.17 bits per heavy atom. The van der Waals surface area contributed by atoms with Crippen molar-refractivity contribution >= 4 is 44.5 Å². The first-order valence-electron chi connectivity index (χ1n) is 7.08. The second-order valence-electron chi connectivity index (χ2n) is 4.83. The van der Waals surface area contributed by atoms with E-state index in [1.165, 1.54) is 11.8 Å². The van der Waals surface area contributed by atoms with Crippen molar-refractivity contribution in [3.63, 3.8) is 0 Å². The molecular weight excluding hydrogens is 374 g/mol. The lowest BCUT2D eigenvalue weighted by atomic mass is 10.1. The van der Waals surface area contributed by atoms with Crippen LogP contribution in [0.2, 0.25) is 0 Å². The normalized spacial score (nSPS) is 11.3. The van der Waals surface area contributed by atoms with Crippen molar-refractivity contribution in [1.29, 1.82) is 0 Å². The largest absolute Gasteiger partial charge is 0.378 e. The molecule has 0 saturated heterocycles. The number of nitrogens with one attached hydrogen (secondary N) is 1. The number of hydrogen-bond donors (Lipinski definition) is 2. The van der Waals surface area contributed by atoms with Crippen LogP contribution in [0.15, 0.2) is 58.0 Å². The lowest BCUT2D eigenvalue weighted by Gasteiger charge is -2.08. The maximum atomic E-state index is 11.6. The number of rotatable bonds is 5. The molecule has 0 aliphatic rings. The molecular formula is C17H18BrN3OS. The Morgan fingerprint density at radius 2 is 1.83 bits per heavy atom. The molecule has 4 nitrogen and oxygen atoms in total. The molecule has 1 amide bonds. The maximum absolute atomic E-state index is 11.6. The molecule has 0 atom stereocenters. The first-order chi connectivity index (χ1) is 11.1. The van der Waals surface area contributed by atoms with Gasteiger partial charge in [0.15, 0.2) is 5.17 Å². The van der Waals surface area contributed by atoms with Crippen LogP contribution in [0.5, 0.6) is 0 Å². The number of hydrogen-bond acceptors (Lipinski definition) is 3. The topological polar surface area (TPSA) is 67.5 Å². The summed E-state index contributed by atoms with van der Waals surface area (Å²) in [5.74, 6) is 0.679. The van der Waals surface area contributed by atoms with E-state index in [4.69, 9.17) is 5.73 Å². The van der Waals surface area contributed by atoms with Crippen molar-refractivity contribution in [3.05, 3.63) is 64.1 Å². The van der Waals surface area contributed by atoms with Crippen LogP contribution in [0, 0.1) is 0 Å². The van der Waals surface area contributed by atoms with E-state index in [0.29, 0.717) is 17.3 Å². The minimum Gasteiger partial charge on any atom is -0.378 e. The summed E-state index contributed by atoms with van der Waals surface area (Å²) in [7, 11) is 1.64. The third kappa shape index (κ3) is 5.73. The van der Waals surface area contributed by atoms with Gasteiger partial charge in [0.2, 0.25) is 5.91 Å². The number of amidine groups is 1. The van der Waals surface area contributed by atoms with Gasteiger partial charge in [-0.2, -0.15) is 0 Å². The van der Waals surface area contributed by atoms with Gasteiger partial charge < -0.3 is 11.1 Å². The lowest BCUT2D eigenvalue weighted by Crippen LogP contribution is -2.20. The Bertz CT molecular complexity index is 701. The lowest BCUT2D eigenvalue weighted by molar-refractivity contribution is -0.119. The fourth-order valence-corrected chi connectivity index (χ4v) is 2.98. The SMILES string of the molecule is CNC(=O)Cc1ccccc1CS/C(N)=N/c1ccc(Br)cc1. The molecule has 0 aliphatic carbocycles. The van der Waals surface area contributed by atoms with Gasteiger partial charge in [-0.05, 0) is 35.4 Å². The highest BCUT2D eigenvalue weighted by atomic mass is 79.9. The third-order valence-electron chi connectivity index (χ3n) is 3.19. The maximum Gasteiger partial charge on any atom is 0.224 e. The number of halogens is 1. The van der Waals surface area contributed by atoms with Crippen LogP contribution in [0.4, 0.5) is 5.69 Å². The summed E-state index contributed by atoms with van der Waals surface area (Å²) in [6, 6.07) is 15.5. The standard InChI is InChI=1S/C17H18BrN3OS/c1-20-16(22)10-12-4-2-3-5-13(12)11-23-17(19)21-15-8-6-14(18)7-9-15/h2-9H,10-11H2,1H3,(H2,19,21)(H,20,22). The molecule has 0 fully saturated rings. The number of carbonyl (C=O) groups excluding carboxylic acids is 1. The van der Waals surface area contributed by atoms with E-state index in [9.17, 15) is 4.79 Å². The molecule has 0 aromatic heterocycles. The summed E-state index contributed by atoms with van der Waals surface area (Å²) in [6.45, 7) is 0. The summed E-state index contributed by atoms with van der Waals surface area (Å²) >= 11 is 4.85. The fourth-order valence-electron chi connectivity index (χ4n) is 1.96. The smallest absolute Gasteiger partial charge is 0.224 e. The zero-order valence-electron chi connectivity index (χ0n) is 12.8. The van der Waals surface area contributed by atoms with Crippen molar-refractivity contribution in [2.24, 2.45) is 10.7 Å². The van der Waals surface area contributed by atoms with E-state index >= 15 is 0 Å². The molecule has 0 heterocycles. The van der Waals surface area contributed by atoms with Crippen LogP contribution in [0.25, 0.3) is 0 Å². The molecule has 23 heavy (non-hydrogen) atoms. The molecule has 0 aliphatic heterocycles. The molecule has 3 N–H and O–H groups in total. The second kappa shape index (κ2) is 8.74. The van der Waals surface area contributed by atoms with Gasteiger partial charge in [0, 0.05) is 17.3 Å². The molecule has 120 valence electrons. The molecule has 0 spiro atoms. The minimum absolute atomic E-state index is 0.000971. The molecule has 6 heteroatoms. The summed E-state index contributed by atoms with van der Waals surface area (Å²) in [5.41, 5.74) is 8.91. The number of amides is 1. The van der Waals surface area contributed by atoms with Gasteiger partial charge in [-0.25, -0.2) is 4.99 Å². The predicted octanol–water partition coefficient (Wildman–Crippen LogP) is 3.62. The summed E-state index contributed by atoms with van der Waals surface area (Å²) in [6.07, 6.45) is 0.372. The van der Waals surface area contributed by atoms with Crippen molar-refractivity contribution in [1.82, 2.24) is 5.32 Å². The van der Waals surface area contributed by atoms with Crippen molar-refractivity contribution in [2.75, 3.05) is 7.05 Å². The van der Waals surface area contributed by atoms with Crippen LogP contribution in [-0.4, -0.2) is 18.1 Å². The highest BCUT2D eigenvalue weighted by molar-refractivity contribution is 9.10. The van der Waals surface area contributed by atoms with Gasteiger partial charge >= 0.3 is 0 Å². The Balaban J connectivity index is 2.02. The monoisotopic (exact) mass is 391 g/mol. The Morgan fingerprint density at radius 3 is 2.48 bits per heavy atom. The van der Waals surface area contributed by atoms with Crippen LogP contribution >= 0.6 is 27.7 Å². The van der Waals surface area contributed by atoms with Crippen molar-refractivity contribution in [2.45, 2.75) is 12.2 Å². The fraction of sp³-hybridized carbons (Fsp3) is 0.176. The minimum atomic E-state index is -0.000971. The Labute approximate surface area is 148 Å². The number of carbonyl (C=O) groups is 1. The Kier molecular flexibility index (Phi) is 6.67. The van der Waals surface area contributed by atoms with E-state index in [0.717, 1.165) is 21.3 Å². The van der Waals surface area contributed by atoms with Gasteiger partial charge in [-0.3, -0.25) is 4.79 Å². The van der Waals surface area contributed by atoms with Crippen LogP contribution in [0.3, 0.4) is 0 Å². The number of nitrogens with zero attached hydrogens (tertiary/aromatic N) is 1. The average molecular weight is 392 g/mol. The van der Waals surface area contributed by atoms with E-state index in [1.807, 2.05) is 48.5 Å². The molecule has 2 rings (SSSR count). The van der Waals surface area contributed by atoms with Crippen LogP contribution < -0.4 is 11.1 Å². The zero-order chi connectivity index (χ0) is 16.7. The molecule has 2 aromatic carbocycles. The molecule has 0 radical (unpaired) electrons. The van der Waals surface area contributed by atoms with Gasteiger partial charge in [0.25, 0.3) is 0 Å². The van der Waals surface area contributed by atoms with E-state index in [2.05, 4.69) is 26.2 Å². The quantitative estimate of drug-likeness (QED) is 0.603. The van der Waals surface area contributed by atoms with E-state index < -0.39 is 0 Å². The van der Waals surface area contributed by atoms with Gasteiger partial charge in [-0.15, -0.1) is 0 Å². The number of benzene rings is 2. The first-order valence-corrected chi connectivity index (χ1v) is 8.86. The molecule has 0 unspecified atom stereocenters. The van der Waals surface area contributed by atoms with Crippen LogP contribution in [0.1, 0.15) is 11.1 Å². The van der Waals surface area contributed by atoms with E-state index in [1.54, 1.807) is 7.05 Å². The number of aliphatic imine (C=N–C) groups is 1. The van der Waals surface area contributed by atoms with Crippen molar-refractivity contribution < 1.29 is 4.79 Å². The first kappa shape index (κ1) is 17.6. The average Bonchev–Trinajstić information content (AvgIpc) is 2.56. The number of thioether (sulfide) groups is 1. The highest BCUT2D eigenvalue weighted by Crippen LogP contribution is 2.21. The van der Waals surface area contributed by atoms with Gasteiger partial charge in [0.05, 0.1) is 12.1 Å². The predicted molar refractivity (Wildman–Crippen MR) is 101 cm³/mol. The summed E-state index contributed by atoms with van der Waals surface area (Å²) in [5, 5.41) is 3.15. The summed E-state index contributed by atoms with van der Waals surface area (Å²) < 4.78 is 1.01. The third-order valence-corrected chi connectivity index (χ3v) is 4.56. The van der Waals surface area contributed by atoms with Gasteiger partial charge in [-0.1, -0.05) is 52.0 Å². The van der Waals surface area contributed by atoms with Crippen molar-refractivity contribution in [3.8, 4) is 0 Å². The summed E-state index contributed by atoms with van der Waals surface area (Å²) in [4.78, 5) is 15.9. The number of nitrogens with two attached hydrogens (primary N) is 1. The molecule has 2 aromatic rings. The van der Waals surface area contributed by atoms with Crippen LogP contribution in [-0.2, 0) is 17.0 Å². The second-order valence-corrected chi connectivity index (χ2v) is 6.75.